The van der Waals surface area contributed by atoms with E-state index in [-0.39, 0.29) is 0 Å². The van der Waals surface area contributed by atoms with Crippen molar-refractivity contribution in [1.82, 2.24) is 0 Å². The Morgan fingerprint density at radius 3 is 2.25 bits per heavy atom. The summed E-state index contributed by atoms with van der Waals surface area (Å²) in [6, 6.07) is 14.9. The van der Waals surface area contributed by atoms with Crippen LogP contribution >= 0.6 is 0 Å². The highest BCUT2D eigenvalue weighted by atomic mass is 16.1. The van der Waals surface area contributed by atoms with E-state index in [0.29, 0.717) is 11.3 Å². The average molecular weight is 212 g/mol. The standard InChI is InChI=1S/C13H12N2O/c14-12-10(9-5-2-1-3-6-9)7-4-8-11(12)13(15)16/h1-8H,14H2,(H2,15,16). The quantitative estimate of drug-likeness (QED) is 0.748. The van der Waals surface area contributed by atoms with Crippen LogP contribution in [0.25, 0.3) is 11.1 Å². The lowest BCUT2D eigenvalue weighted by Gasteiger charge is -2.08. The molecule has 3 nitrogen and oxygen atoms in total. The summed E-state index contributed by atoms with van der Waals surface area (Å²) >= 11 is 0. The summed E-state index contributed by atoms with van der Waals surface area (Å²) in [7, 11) is 0. The van der Waals surface area contributed by atoms with Gasteiger partial charge in [-0.3, -0.25) is 4.79 Å². The molecule has 16 heavy (non-hydrogen) atoms. The molecule has 0 bridgehead atoms. The van der Waals surface area contributed by atoms with E-state index < -0.39 is 5.91 Å². The lowest BCUT2D eigenvalue weighted by molar-refractivity contribution is 0.100. The van der Waals surface area contributed by atoms with E-state index >= 15 is 0 Å². The van der Waals surface area contributed by atoms with Gasteiger partial charge < -0.3 is 11.5 Å². The molecule has 2 rings (SSSR count). The molecule has 80 valence electrons. The van der Waals surface area contributed by atoms with Crippen LogP contribution in [0.1, 0.15) is 10.4 Å². The number of anilines is 1. The van der Waals surface area contributed by atoms with Crippen molar-refractivity contribution in [1.29, 1.82) is 0 Å². The van der Waals surface area contributed by atoms with E-state index in [1.165, 1.54) is 0 Å². The van der Waals surface area contributed by atoms with E-state index in [1.807, 2.05) is 36.4 Å². The molecule has 0 aliphatic heterocycles. The minimum absolute atomic E-state index is 0.362. The molecular weight excluding hydrogens is 200 g/mol. The van der Waals surface area contributed by atoms with Crippen molar-refractivity contribution in [3.63, 3.8) is 0 Å². The van der Waals surface area contributed by atoms with Crippen molar-refractivity contribution in [2.45, 2.75) is 0 Å². The smallest absolute Gasteiger partial charge is 0.250 e. The molecule has 0 atom stereocenters. The predicted molar refractivity (Wildman–Crippen MR) is 64.8 cm³/mol. The maximum atomic E-state index is 11.1. The summed E-state index contributed by atoms with van der Waals surface area (Å²) in [6.45, 7) is 0. The average Bonchev–Trinajstić information content (AvgIpc) is 2.30. The van der Waals surface area contributed by atoms with Gasteiger partial charge in [0.25, 0.3) is 5.91 Å². The van der Waals surface area contributed by atoms with Crippen molar-refractivity contribution in [3.05, 3.63) is 54.1 Å². The van der Waals surface area contributed by atoms with E-state index in [0.717, 1.165) is 11.1 Å². The fourth-order valence-corrected chi connectivity index (χ4v) is 1.65. The Hall–Kier alpha value is -2.29. The molecule has 0 saturated heterocycles. The number of primary amides is 1. The normalized spacial score (nSPS) is 10.0. The van der Waals surface area contributed by atoms with Gasteiger partial charge in [-0.2, -0.15) is 0 Å². The third kappa shape index (κ3) is 1.75. The zero-order chi connectivity index (χ0) is 11.5. The lowest BCUT2D eigenvalue weighted by atomic mass is 10.0. The van der Waals surface area contributed by atoms with Gasteiger partial charge in [-0.25, -0.2) is 0 Å². The molecular formula is C13H12N2O. The molecule has 3 heteroatoms. The monoisotopic (exact) mass is 212 g/mol. The SMILES string of the molecule is NC(=O)c1cccc(-c2ccccc2)c1N. The Balaban J connectivity index is 2.59. The van der Waals surface area contributed by atoms with Gasteiger partial charge in [-0.05, 0) is 11.6 Å². The highest BCUT2D eigenvalue weighted by molar-refractivity contribution is 6.01. The summed E-state index contributed by atoms with van der Waals surface area (Å²) in [5.74, 6) is -0.504. The highest BCUT2D eigenvalue weighted by Gasteiger charge is 2.09. The van der Waals surface area contributed by atoms with Crippen LogP contribution < -0.4 is 11.5 Å². The second-order valence-electron chi connectivity index (χ2n) is 3.50. The second kappa shape index (κ2) is 4.06. The molecule has 0 unspecified atom stereocenters. The molecule has 0 aromatic heterocycles. The molecule has 0 heterocycles. The summed E-state index contributed by atoms with van der Waals surface area (Å²) < 4.78 is 0. The molecule has 0 saturated carbocycles. The van der Waals surface area contributed by atoms with Crippen molar-refractivity contribution in [2.24, 2.45) is 5.73 Å². The van der Waals surface area contributed by atoms with Crippen LogP contribution in [0.5, 0.6) is 0 Å². The van der Waals surface area contributed by atoms with Gasteiger partial charge in [0, 0.05) is 5.56 Å². The van der Waals surface area contributed by atoms with Crippen molar-refractivity contribution in [3.8, 4) is 11.1 Å². The van der Waals surface area contributed by atoms with Gasteiger partial charge in [0.05, 0.1) is 11.3 Å². The first-order valence-electron chi connectivity index (χ1n) is 4.94. The number of hydrogen-bond acceptors (Lipinski definition) is 2. The first-order valence-corrected chi connectivity index (χ1v) is 4.94. The Bertz CT molecular complexity index is 521. The topological polar surface area (TPSA) is 69.1 Å². The van der Waals surface area contributed by atoms with Crippen LogP contribution in [0.4, 0.5) is 5.69 Å². The van der Waals surface area contributed by atoms with Crippen molar-refractivity contribution < 1.29 is 4.79 Å². The number of hydrogen-bond donors (Lipinski definition) is 2. The van der Waals surface area contributed by atoms with Crippen molar-refractivity contribution in [2.75, 3.05) is 5.73 Å². The van der Waals surface area contributed by atoms with Gasteiger partial charge in [0.1, 0.15) is 0 Å². The Kier molecular flexibility index (Phi) is 2.60. The highest BCUT2D eigenvalue weighted by Crippen LogP contribution is 2.27. The Morgan fingerprint density at radius 2 is 1.62 bits per heavy atom. The summed E-state index contributed by atoms with van der Waals surface area (Å²) in [5, 5.41) is 0. The molecule has 4 N–H and O–H groups in total. The predicted octanol–water partition coefficient (Wildman–Crippen LogP) is 2.03. The zero-order valence-electron chi connectivity index (χ0n) is 8.68. The number of amides is 1. The van der Waals surface area contributed by atoms with Gasteiger partial charge in [0.2, 0.25) is 0 Å². The molecule has 0 radical (unpaired) electrons. The minimum atomic E-state index is -0.504. The molecule has 0 aliphatic rings. The number of carbonyl (C=O) groups excluding carboxylic acids is 1. The second-order valence-corrected chi connectivity index (χ2v) is 3.50. The van der Waals surface area contributed by atoms with Crippen LogP contribution in [0, 0.1) is 0 Å². The van der Waals surface area contributed by atoms with Crippen LogP contribution in [0.2, 0.25) is 0 Å². The number of nitrogen functional groups attached to an aromatic ring is 1. The fourth-order valence-electron chi connectivity index (χ4n) is 1.65. The largest absolute Gasteiger partial charge is 0.398 e. The summed E-state index contributed by atoms with van der Waals surface area (Å²) in [4.78, 5) is 11.1. The van der Waals surface area contributed by atoms with Gasteiger partial charge >= 0.3 is 0 Å². The third-order valence-corrected chi connectivity index (χ3v) is 2.46. The number of rotatable bonds is 2. The first-order chi connectivity index (χ1) is 7.70. The van der Waals surface area contributed by atoms with E-state index in [4.69, 9.17) is 11.5 Å². The maximum Gasteiger partial charge on any atom is 0.250 e. The van der Waals surface area contributed by atoms with Gasteiger partial charge in [-0.1, -0.05) is 42.5 Å². The molecule has 2 aromatic rings. The Morgan fingerprint density at radius 1 is 0.938 bits per heavy atom. The molecule has 0 aliphatic carbocycles. The molecule has 1 amide bonds. The van der Waals surface area contributed by atoms with E-state index in [9.17, 15) is 4.79 Å². The zero-order valence-corrected chi connectivity index (χ0v) is 8.68. The first kappa shape index (κ1) is 10.2. The summed E-state index contributed by atoms with van der Waals surface area (Å²) in [6.07, 6.45) is 0. The Labute approximate surface area is 93.7 Å². The summed E-state index contributed by atoms with van der Waals surface area (Å²) in [5.41, 5.74) is 13.8. The number of para-hydroxylation sites is 1. The van der Waals surface area contributed by atoms with Crippen LogP contribution in [-0.4, -0.2) is 5.91 Å². The molecule has 2 aromatic carbocycles. The van der Waals surface area contributed by atoms with Gasteiger partial charge in [-0.15, -0.1) is 0 Å². The van der Waals surface area contributed by atoms with Crippen LogP contribution in [0.15, 0.2) is 48.5 Å². The third-order valence-electron chi connectivity index (χ3n) is 2.46. The molecule has 0 fully saturated rings. The maximum absolute atomic E-state index is 11.1. The fraction of sp³-hybridized carbons (Fsp3) is 0. The number of benzene rings is 2. The van der Waals surface area contributed by atoms with Crippen LogP contribution in [-0.2, 0) is 0 Å². The molecule has 0 spiro atoms. The lowest BCUT2D eigenvalue weighted by Crippen LogP contribution is -2.13. The number of carbonyl (C=O) groups is 1. The van der Waals surface area contributed by atoms with E-state index in [2.05, 4.69) is 0 Å². The minimum Gasteiger partial charge on any atom is -0.398 e. The van der Waals surface area contributed by atoms with Crippen molar-refractivity contribution >= 4 is 11.6 Å². The van der Waals surface area contributed by atoms with E-state index in [1.54, 1.807) is 12.1 Å². The van der Waals surface area contributed by atoms with Gasteiger partial charge in [0.15, 0.2) is 0 Å². The number of nitrogens with two attached hydrogens (primary N) is 2. The van der Waals surface area contributed by atoms with Crippen LogP contribution in [0.3, 0.4) is 0 Å².